The van der Waals surface area contributed by atoms with Crippen LogP contribution in [0.4, 0.5) is 9.59 Å². The number of amides is 1. The molecule has 180 valence electrons. The highest BCUT2D eigenvalue weighted by atomic mass is 16.6. The number of cyclic esters (lactones) is 1. The van der Waals surface area contributed by atoms with Gasteiger partial charge in [0.2, 0.25) is 0 Å². The average molecular weight is 461 g/mol. The van der Waals surface area contributed by atoms with Gasteiger partial charge in [-0.3, -0.25) is 4.57 Å². The summed E-state index contributed by atoms with van der Waals surface area (Å²) in [5, 5.41) is 13.4. The number of nitrogens with zero attached hydrogens (tertiary/aromatic N) is 1. The molecule has 0 saturated carbocycles. The van der Waals surface area contributed by atoms with Crippen LogP contribution in [0.1, 0.15) is 53.5 Å². The fraction of sp³-hybridized carbons (Fsp3) is 0.542. The van der Waals surface area contributed by atoms with Crippen LogP contribution < -0.4 is 5.32 Å². The van der Waals surface area contributed by atoms with E-state index in [-0.39, 0.29) is 12.8 Å². The smallest absolute Gasteiger partial charge is 0.419 e. The number of aliphatic hydroxyl groups is 1. The van der Waals surface area contributed by atoms with E-state index in [4.69, 9.17) is 14.2 Å². The number of aliphatic hydroxyl groups excluding tert-OH is 1. The molecule has 1 aliphatic heterocycles. The SMILES string of the molecule is CC(C)(C)OC(=O)N[C@H]1C[C@](CO)(Cc2cn(C(=O)OC(C)(C)C)c3ccccc23)OC1=O. The second kappa shape index (κ2) is 8.70. The number of hydrogen-bond donors (Lipinski definition) is 2. The Bertz CT molecular complexity index is 1060. The van der Waals surface area contributed by atoms with Gasteiger partial charge in [0.05, 0.1) is 12.1 Å². The fourth-order valence-electron chi connectivity index (χ4n) is 3.80. The molecule has 0 unspecified atom stereocenters. The van der Waals surface area contributed by atoms with Gasteiger partial charge >= 0.3 is 18.2 Å². The van der Waals surface area contributed by atoms with Crippen molar-refractivity contribution in [2.24, 2.45) is 0 Å². The van der Waals surface area contributed by atoms with E-state index in [0.717, 1.165) is 5.39 Å². The molecule has 1 fully saturated rings. The number of esters is 1. The van der Waals surface area contributed by atoms with E-state index in [1.807, 2.05) is 18.2 Å². The number of fused-ring (bicyclic) bond motifs is 1. The Hall–Kier alpha value is -3.07. The topological polar surface area (TPSA) is 116 Å². The van der Waals surface area contributed by atoms with Crippen LogP contribution in [0.2, 0.25) is 0 Å². The third kappa shape index (κ3) is 5.84. The molecule has 3 rings (SSSR count). The van der Waals surface area contributed by atoms with Crippen LogP contribution in [-0.2, 0) is 25.4 Å². The maximum absolute atomic E-state index is 12.8. The van der Waals surface area contributed by atoms with Crippen molar-refractivity contribution < 1.29 is 33.7 Å². The summed E-state index contributed by atoms with van der Waals surface area (Å²) in [4.78, 5) is 37.4. The summed E-state index contributed by atoms with van der Waals surface area (Å²) in [6, 6.07) is 6.34. The molecule has 1 amide bonds. The van der Waals surface area contributed by atoms with Gasteiger partial charge in [0.1, 0.15) is 22.8 Å². The van der Waals surface area contributed by atoms with Crippen LogP contribution in [0.5, 0.6) is 0 Å². The minimum Gasteiger partial charge on any atom is -0.455 e. The van der Waals surface area contributed by atoms with Crippen molar-refractivity contribution in [3.63, 3.8) is 0 Å². The van der Waals surface area contributed by atoms with E-state index in [2.05, 4.69) is 5.32 Å². The first kappa shape index (κ1) is 24.6. The lowest BCUT2D eigenvalue weighted by molar-refractivity contribution is -0.152. The largest absolute Gasteiger partial charge is 0.455 e. The molecule has 2 N–H and O–H groups in total. The quantitative estimate of drug-likeness (QED) is 0.529. The molecular weight excluding hydrogens is 428 g/mol. The molecule has 1 aromatic heterocycles. The molecule has 9 heteroatoms. The number of ether oxygens (including phenoxy) is 3. The van der Waals surface area contributed by atoms with Crippen molar-refractivity contribution in [3.8, 4) is 0 Å². The number of hydrogen-bond acceptors (Lipinski definition) is 7. The molecule has 2 aromatic rings. The zero-order valence-corrected chi connectivity index (χ0v) is 19.9. The van der Waals surface area contributed by atoms with Crippen LogP contribution >= 0.6 is 0 Å². The minimum absolute atomic E-state index is 0.0630. The molecule has 0 bridgehead atoms. The van der Waals surface area contributed by atoms with Crippen LogP contribution in [0.15, 0.2) is 30.5 Å². The van der Waals surface area contributed by atoms with Crippen LogP contribution in [-0.4, -0.2) is 57.3 Å². The monoisotopic (exact) mass is 460 g/mol. The average Bonchev–Trinajstić information content (AvgIpc) is 3.18. The van der Waals surface area contributed by atoms with Crippen molar-refractivity contribution in [1.82, 2.24) is 9.88 Å². The van der Waals surface area contributed by atoms with Gasteiger partial charge in [0.15, 0.2) is 0 Å². The van der Waals surface area contributed by atoms with E-state index in [9.17, 15) is 19.5 Å². The summed E-state index contributed by atoms with van der Waals surface area (Å²) < 4.78 is 17.7. The number of rotatable bonds is 4. The maximum Gasteiger partial charge on any atom is 0.419 e. The lowest BCUT2D eigenvalue weighted by Crippen LogP contribution is -2.42. The summed E-state index contributed by atoms with van der Waals surface area (Å²) in [6.07, 6.45) is 0.583. The standard InChI is InChI=1S/C24H32N2O7/c1-22(2,3)32-20(29)25-17-12-24(14-27,31-19(17)28)11-15-13-26(21(30)33-23(4,5)6)18-10-8-7-9-16(15)18/h7-10,13,17,27H,11-12,14H2,1-6H3,(H,25,29)/t17-,24-/m0/s1. The summed E-state index contributed by atoms with van der Waals surface area (Å²) in [5.74, 6) is -0.647. The Morgan fingerprint density at radius 1 is 1.15 bits per heavy atom. The second-order valence-corrected chi connectivity index (χ2v) is 10.4. The fourth-order valence-corrected chi connectivity index (χ4v) is 3.80. The van der Waals surface area contributed by atoms with Crippen LogP contribution in [0.3, 0.4) is 0 Å². The lowest BCUT2D eigenvalue weighted by Gasteiger charge is -2.25. The zero-order chi connectivity index (χ0) is 24.6. The normalized spacial score (nSPS) is 21.1. The molecule has 2 heterocycles. The molecule has 33 heavy (non-hydrogen) atoms. The molecular formula is C24H32N2O7. The van der Waals surface area contributed by atoms with Crippen molar-refractivity contribution in [3.05, 3.63) is 36.0 Å². The molecule has 0 radical (unpaired) electrons. The van der Waals surface area contributed by atoms with Gasteiger partial charge in [-0.05, 0) is 53.2 Å². The summed E-state index contributed by atoms with van der Waals surface area (Å²) in [6.45, 7) is 10.1. The van der Waals surface area contributed by atoms with Crippen molar-refractivity contribution >= 4 is 29.1 Å². The van der Waals surface area contributed by atoms with Gasteiger partial charge in [-0.2, -0.15) is 0 Å². The van der Waals surface area contributed by atoms with Crippen molar-refractivity contribution in [1.29, 1.82) is 0 Å². The highest BCUT2D eigenvalue weighted by molar-refractivity contribution is 5.92. The van der Waals surface area contributed by atoms with E-state index in [1.54, 1.807) is 53.8 Å². The van der Waals surface area contributed by atoms with Gasteiger partial charge in [0.25, 0.3) is 0 Å². The van der Waals surface area contributed by atoms with E-state index >= 15 is 0 Å². The third-order valence-electron chi connectivity index (χ3n) is 5.05. The third-order valence-corrected chi connectivity index (χ3v) is 5.05. The predicted octanol–water partition coefficient (Wildman–Crippen LogP) is 3.54. The first-order valence-corrected chi connectivity index (χ1v) is 10.9. The first-order valence-electron chi connectivity index (χ1n) is 10.9. The Kier molecular flexibility index (Phi) is 6.48. The Morgan fingerprint density at radius 2 is 1.79 bits per heavy atom. The van der Waals surface area contributed by atoms with Crippen molar-refractivity contribution in [2.45, 2.75) is 77.2 Å². The first-order chi connectivity index (χ1) is 15.2. The van der Waals surface area contributed by atoms with Crippen molar-refractivity contribution in [2.75, 3.05) is 6.61 Å². The molecule has 1 aliphatic rings. The van der Waals surface area contributed by atoms with Gasteiger partial charge in [-0.1, -0.05) is 18.2 Å². The van der Waals surface area contributed by atoms with Crippen LogP contribution in [0, 0.1) is 0 Å². The summed E-state index contributed by atoms with van der Waals surface area (Å²) >= 11 is 0. The molecule has 1 aromatic carbocycles. The number of nitrogens with one attached hydrogen (secondary N) is 1. The number of benzene rings is 1. The van der Waals surface area contributed by atoms with Crippen LogP contribution in [0.25, 0.3) is 10.9 Å². The minimum atomic E-state index is -1.25. The summed E-state index contributed by atoms with van der Waals surface area (Å²) in [5.41, 5.74) is -1.29. The molecule has 1 saturated heterocycles. The molecule has 0 spiro atoms. The Balaban J connectivity index is 1.86. The zero-order valence-electron chi connectivity index (χ0n) is 19.9. The Morgan fingerprint density at radius 3 is 2.39 bits per heavy atom. The van der Waals surface area contributed by atoms with Gasteiger partial charge in [0, 0.05) is 24.4 Å². The number of carbonyl (C=O) groups is 3. The number of para-hydroxylation sites is 1. The van der Waals surface area contributed by atoms with E-state index in [1.165, 1.54) is 4.57 Å². The Labute approximate surface area is 193 Å². The van der Waals surface area contributed by atoms with E-state index in [0.29, 0.717) is 11.1 Å². The lowest BCUT2D eigenvalue weighted by atomic mass is 9.91. The van der Waals surface area contributed by atoms with Gasteiger partial charge < -0.3 is 24.6 Å². The molecule has 0 aliphatic carbocycles. The van der Waals surface area contributed by atoms with Gasteiger partial charge in [-0.25, -0.2) is 14.4 Å². The number of carbonyl (C=O) groups excluding carboxylic acids is 3. The maximum atomic E-state index is 12.8. The molecule has 9 nitrogen and oxygen atoms in total. The van der Waals surface area contributed by atoms with E-state index < -0.39 is 47.6 Å². The highest BCUT2D eigenvalue weighted by Gasteiger charge is 2.48. The van der Waals surface area contributed by atoms with Gasteiger partial charge in [-0.15, -0.1) is 0 Å². The summed E-state index contributed by atoms with van der Waals surface area (Å²) in [7, 11) is 0. The predicted molar refractivity (Wildman–Crippen MR) is 121 cm³/mol. The highest BCUT2D eigenvalue weighted by Crippen LogP contribution is 2.34. The number of aromatic nitrogens is 1. The second-order valence-electron chi connectivity index (χ2n) is 10.4. The number of alkyl carbamates (subject to hydrolysis) is 1. The molecule has 2 atom stereocenters.